The number of aliphatic carboxylic acids is 1. The first-order valence-electron chi connectivity index (χ1n) is 6.14. The number of rotatable bonds is 6. The maximum atomic E-state index is 11.3. The molecule has 2 N–H and O–H groups in total. The summed E-state index contributed by atoms with van der Waals surface area (Å²) >= 11 is 0. The van der Waals surface area contributed by atoms with Gasteiger partial charge >= 0.3 is 5.97 Å². The Morgan fingerprint density at radius 1 is 1.44 bits per heavy atom. The first-order chi connectivity index (χ1) is 8.41. The highest BCUT2D eigenvalue weighted by atomic mass is 16.4. The lowest BCUT2D eigenvalue weighted by Gasteiger charge is -2.30. The molecule has 1 aromatic heterocycles. The molecular formula is C13H20N2O3. The second-order valence-electron chi connectivity index (χ2n) is 4.67. The molecule has 0 bridgehead atoms. The zero-order valence-corrected chi connectivity index (χ0v) is 11.1. The van der Waals surface area contributed by atoms with Crippen LogP contribution in [0, 0.1) is 12.8 Å². The van der Waals surface area contributed by atoms with Gasteiger partial charge in [-0.05, 0) is 20.3 Å². The quantitative estimate of drug-likeness (QED) is 0.807. The highest BCUT2D eigenvalue weighted by molar-refractivity contribution is 5.71. The first-order valence-corrected chi connectivity index (χ1v) is 6.14. The van der Waals surface area contributed by atoms with Gasteiger partial charge in [0.25, 0.3) is 0 Å². The van der Waals surface area contributed by atoms with Crippen LogP contribution in [-0.2, 0) is 10.4 Å². The fourth-order valence-corrected chi connectivity index (χ4v) is 2.12. The van der Waals surface area contributed by atoms with Crippen molar-refractivity contribution in [2.24, 2.45) is 5.92 Å². The van der Waals surface area contributed by atoms with Crippen LogP contribution >= 0.6 is 0 Å². The van der Waals surface area contributed by atoms with Crippen LogP contribution in [-0.4, -0.2) is 26.2 Å². The van der Waals surface area contributed by atoms with Crippen molar-refractivity contribution in [2.45, 2.75) is 45.6 Å². The molecule has 2 unspecified atom stereocenters. The molecule has 5 nitrogen and oxygen atoms in total. The predicted molar refractivity (Wildman–Crippen MR) is 67.0 cm³/mol. The van der Waals surface area contributed by atoms with E-state index in [4.69, 9.17) is 0 Å². The van der Waals surface area contributed by atoms with E-state index in [1.165, 1.54) is 19.3 Å². The minimum atomic E-state index is -1.50. The van der Waals surface area contributed by atoms with Crippen LogP contribution in [0.15, 0.2) is 12.4 Å². The van der Waals surface area contributed by atoms with E-state index in [1.54, 1.807) is 6.92 Å². The SMILES string of the molecule is CCCCC(C(=O)O)C(C)(O)c1nccnc1C. The molecule has 1 aromatic rings. The Balaban J connectivity index is 3.08. The number of carboxylic acid groups (broad SMARTS) is 1. The molecule has 0 aliphatic carbocycles. The third-order valence-electron chi connectivity index (χ3n) is 3.18. The van der Waals surface area contributed by atoms with Gasteiger partial charge in [-0.3, -0.25) is 14.8 Å². The lowest BCUT2D eigenvalue weighted by Crippen LogP contribution is -2.38. The molecule has 0 aliphatic rings. The smallest absolute Gasteiger partial charge is 0.309 e. The van der Waals surface area contributed by atoms with Gasteiger partial charge in [0.05, 0.1) is 17.3 Å². The number of unbranched alkanes of at least 4 members (excludes halogenated alkanes) is 1. The van der Waals surface area contributed by atoms with E-state index in [1.807, 2.05) is 6.92 Å². The van der Waals surface area contributed by atoms with Crippen LogP contribution in [0.5, 0.6) is 0 Å². The van der Waals surface area contributed by atoms with Crippen molar-refractivity contribution in [1.29, 1.82) is 0 Å². The average molecular weight is 252 g/mol. The summed E-state index contributed by atoms with van der Waals surface area (Å²) in [6.45, 7) is 5.20. The average Bonchev–Trinajstić information content (AvgIpc) is 2.29. The Hall–Kier alpha value is -1.49. The van der Waals surface area contributed by atoms with E-state index in [-0.39, 0.29) is 0 Å². The van der Waals surface area contributed by atoms with Gasteiger partial charge in [-0.1, -0.05) is 19.8 Å². The number of carbonyl (C=O) groups is 1. The number of hydrogen-bond acceptors (Lipinski definition) is 4. The van der Waals surface area contributed by atoms with Gasteiger partial charge in [0.15, 0.2) is 0 Å². The Morgan fingerprint density at radius 3 is 2.56 bits per heavy atom. The van der Waals surface area contributed by atoms with E-state index >= 15 is 0 Å². The summed E-state index contributed by atoms with van der Waals surface area (Å²) in [5.74, 6) is -1.87. The lowest BCUT2D eigenvalue weighted by molar-refractivity contribution is -0.152. The summed E-state index contributed by atoms with van der Waals surface area (Å²) in [4.78, 5) is 19.5. The number of aliphatic hydroxyl groups is 1. The summed E-state index contributed by atoms with van der Waals surface area (Å²) in [6, 6.07) is 0. The molecule has 0 aromatic carbocycles. The normalized spacial score (nSPS) is 16.0. The van der Waals surface area contributed by atoms with Gasteiger partial charge in [-0.25, -0.2) is 0 Å². The maximum Gasteiger partial charge on any atom is 0.309 e. The van der Waals surface area contributed by atoms with Crippen LogP contribution < -0.4 is 0 Å². The number of hydrogen-bond donors (Lipinski definition) is 2. The molecule has 0 fully saturated rings. The molecule has 0 aliphatic heterocycles. The predicted octanol–water partition coefficient (Wildman–Crippen LogP) is 1.88. The van der Waals surface area contributed by atoms with Gasteiger partial charge < -0.3 is 10.2 Å². The summed E-state index contributed by atoms with van der Waals surface area (Å²) in [6.07, 6.45) is 5.06. The standard InChI is InChI=1S/C13H20N2O3/c1-4-5-6-10(12(16)17)13(3,18)11-9(2)14-7-8-15-11/h7-8,10,18H,4-6H2,1-3H3,(H,16,17). The van der Waals surface area contributed by atoms with Gasteiger partial charge in [-0.15, -0.1) is 0 Å². The summed E-state index contributed by atoms with van der Waals surface area (Å²) < 4.78 is 0. The van der Waals surface area contributed by atoms with E-state index in [9.17, 15) is 15.0 Å². The second-order valence-corrected chi connectivity index (χ2v) is 4.67. The Labute approximate surface area is 107 Å². The van der Waals surface area contributed by atoms with Crippen molar-refractivity contribution in [1.82, 2.24) is 9.97 Å². The summed E-state index contributed by atoms with van der Waals surface area (Å²) in [7, 11) is 0. The van der Waals surface area contributed by atoms with Gasteiger partial charge in [0, 0.05) is 12.4 Å². The van der Waals surface area contributed by atoms with Gasteiger partial charge in [0.1, 0.15) is 5.60 Å². The maximum absolute atomic E-state index is 11.3. The van der Waals surface area contributed by atoms with Crippen molar-refractivity contribution in [3.63, 3.8) is 0 Å². The molecule has 1 rings (SSSR count). The van der Waals surface area contributed by atoms with Gasteiger partial charge in [0.2, 0.25) is 0 Å². The molecule has 0 amide bonds. The second kappa shape index (κ2) is 5.91. The molecular weight excluding hydrogens is 232 g/mol. The Kier molecular flexibility index (Phi) is 4.78. The summed E-state index contributed by atoms with van der Waals surface area (Å²) in [5, 5.41) is 19.8. The minimum absolute atomic E-state index is 0.341. The molecule has 0 radical (unpaired) electrons. The molecule has 2 atom stereocenters. The van der Waals surface area contributed by atoms with Crippen molar-refractivity contribution >= 4 is 5.97 Å². The monoisotopic (exact) mass is 252 g/mol. The topological polar surface area (TPSA) is 83.3 Å². The summed E-state index contributed by atoms with van der Waals surface area (Å²) in [5.41, 5.74) is -0.599. The van der Waals surface area contributed by atoms with Crippen LogP contribution in [0.1, 0.15) is 44.5 Å². The Bertz CT molecular complexity index is 418. The lowest BCUT2D eigenvalue weighted by atomic mass is 9.82. The minimum Gasteiger partial charge on any atom is -0.481 e. The van der Waals surface area contributed by atoms with Crippen molar-refractivity contribution in [3.8, 4) is 0 Å². The van der Waals surface area contributed by atoms with E-state index < -0.39 is 17.5 Å². The number of carboxylic acids is 1. The first kappa shape index (κ1) is 14.6. The molecule has 0 saturated carbocycles. The van der Waals surface area contributed by atoms with Crippen LogP contribution in [0.3, 0.4) is 0 Å². The molecule has 5 heteroatoms. The third-order valence-corrected chi connectivity index (χ3v) is 3.18. The molecule has 0 saturated heterocycles. The fraction of sp³-hybridized carbons (Fsp3) is 0.615. The van der Waals surface area contributed by atoms with Crippen molar-refractivity contribution in [3.05, 3.63) is 23.8 Å². The van der Waals surface area contributed by atoms with E-state index in [0.717, 1.165) is 12.8 Å². The van der Waals surface area contributed by atoms with Crippen LogP contribution in [0.25, 0.3) is 0 Å². The zero-order chi connectivity index (χ0) is 13.8. The zero-order valence-electron chi connectivity index (χ0n) is 11.1. The van der Waals surface area contributed by atoms with Gasteiger partial charge in [-0.2, -0.15) is 0 Å². The van der Waals surface area contributed by atoms with Crippen LogP contribution in [0.4, 0.5) is 0 Å². The van der Waals surface area contributed by atoms with Crippen LogP contribution in [0.2, 0.25) is 0 Å². The van der Waals surface area contributed by atoms with E-state index in [2.05, 4.69) is 9.97 Å². The third kappa shape index (κ3) is 3.04. The molecule has 100 valence electrons. The highest BCUT2D eigenvalue weighted by Gasteiger charge is 2.40. The van der Waals surface area contributed by atoms with E-state index in [0.29, 0.717) is 17.8 Å². The highest BCUT2D eigenvalue weighted by Crippen LogP contribution is 2.32. The Morgan fingerprint density at radius 2 is 2.06 bits per heavy atom. The molecule has 1 heterocycles. The largest absolute Gasteiger partial charge is 0.481 e. The molecule has 18 heavy (non-hydrogen) atoms. The fourth-order valence-electron chi connectivity index (χ4n) is 2.12. The number of aromatic nitrogens is 2. The number of nitrogens with zero attached hydrogens (tertiary/aromatic N) is 2. The molecule has 0 spiro atoms. The van der Waals surface area contributed by atoms with Crippen molar-refractivity contribution < 1.29 is 15.0 Å². The van der Waals surface area contributed by atoms with Crippen molar-refractivity contribution in [2.75, 3.05) is 0 Å². The number of aryl methyl sites for hydroxylation is 1.